The summed E-state index contributed by atoms with van der Waals surface area (Å²) in [6.45, 7) is 4.36. The van der Waals surface area contributed by atoms with Gasteiger partial charge in [-0.3, -0.25) is 0 Å². The van der Waals surface area contributed by atoms with Crippen LogP contribution in [-0.2, 0) is 0 Å². The van der Waals surface area contributed by atoms with Crippen LogP contribution in [0.3, 0.4) is 0 Å². The largest absolute Gasteiger partial charge is 0.497 e. The van der Waals surface area contributed by atoms with Crippen molar-refractivity contribution in [1.82, 2.24) is 0 Å². The van der Waals surface area contributed by atoms with E-state index in [1.165, 1.54) is 5.56 Å². The first-order chi connectivity index (χ1) is 9.65. The first-order valence-corrected chi connectivity index (χ1v) is 6.86. The second-order valence-electron chi connectivity index (χ2n) is 4.85. The van der Waals surface area contributed by atoms with E-state index in [0.717, 1.165) is 17.9 Å². The molecule has 106 valence electrons. The van der Waals surface area contributed by atoms with Crippen LogP contribution >= 0.6 is 0 Å². The van der Waals surface area contributed by atoms with Crippen LogP contribution in [0.2, 0.25) is 0 Å². The lowest BCUT2D eigenvalue weighted by atomic mass is 9.98. The van der Waals surface area contributed by atoms with Crippen LogP contribution in [0.4, 0.5) is 5.69 Å². The minimum atomic E-state index is 0.443. The van der Waals surface area contributed by atoms with Crippen molar-refractivity contribution < 1.29 is 9.47 Å². The van der Waals surface area contributed by atoms with Crippen LogP contribution < -0.4 is 15.2 Å². The second kappa shape index (κ2) is 6.33. The zero-order valence-electron chi connectivity index (χ0n) is 12.2. The summed E-state index contributed by atoms with van der Waals surface area (Å²) in [5.41, 5.74) is 7.76. The molecule has 0 spiro atoms. The molecule has 1 atom stereocenters. The molecule has 20 heavy (non-hydrogen) atoms. The smallest absolute Gasteiger partial charge is 0.154 e. The number of methoxy groups -OCH3 is 1. The van der Waals surface area contributed by atoms with Crippen molar-refractivity contribution >= 4 is 5.69 Å². The molecule has 0 radical (unpaired) electrons. The van der Waals surface area contributed by atoms with Crippen molar-refractivity contribution in [2.45, 2.75) is 26.2 Å². The molecule has 0 heterocycles. The van der Waals surface area contributed by atoms with Crippen LogP contribution in [0.15, 0.2) is 42.5 Å². The lowest BCUT2D eigenvalue weighted by Gasteiger charge is -2.16. The minimum Gasteiger partial charge on any atom is -0.497 e. The van der Waals surface area contributed by atoms with Crippen molar-refractivity contribution in [2.75, 3.05) is 12.8 Å². The number of para-hydroxylation sites is 1. The monoisotopic (exact) mass is 271 g/mol. The highest BCUT2D eigenvalue weighted by atomic mass is 16.5. The van der Waals surface area contributed by atoms with E-state index in [1.807, 2.05) is 30.3 Å². The molecule has 0 aromatic heterocycles. The quantitative estimate of drug-likeness (QED) is 0.809. The zero-order chi connectivity index (χ0) is 14.5. The highest BCUT2D eigenvalue weighted by molar-refractivity contribution is 5.57. The molecule has 0 bridgehead atoms. The van der Waals surface area contributed by atoms with Crippen LogP contribution in [0.5, 0.6) is 17.2 Å². The number of anilines is 1. The van der Waals surface area contributed by atoms with E-state index in [9.17, 15) is 0 Å². The standard InChI is InChI=1S/C17H21NO2/c1-4-12(2)14-7-5-6-8-16(14)20-17-11-13(19-3)9-10-15(17)18/h5-12H,4,18H2,1-3H3. The molecule has 2 aromatic carbocycles. The molecule has 2 aromatic rings. The Labute approximate surface area is 120 Å². The summed E-state index contributed by atoms with van der Waals surface area (Å²) in [4.78, 5) is 0. The Morgan fingerprint density at radius 2 is 1.85 bits per heavy atom. The maximum Gasteiger partial charge on any atom is 0.154 e. The number of benzene rings is 2. The van der Waals surface area contributed by atoms with Gasteiger partial charge in [0.05, 0.1) is 12.8 Å². The van der Waals surface area contributed by atoms with Crippen LogP contribution in [0.1, 0.15) is 31.7 Å². The number of hydrogen-bond donors (Lipinski definition) is 1. The Kier molecular flexibility index (Phi) is 4.51. The SMILES string of the molecule is CCC(C)c1ccccc1Oc1cc(OC)ccc1N. The summed E-state index contributed by atoms with van der Waals surface area (Å²) in [5.74, 6) is 2.65. The van der Waals surface area contributed by atoms with Gasteiger partial charge in [0.25, 0.3) is 0 Å². The third-order valence-electron chi connectivity index (χ3n) is 3.50. The van der Waals surface area contributed by atoms with Crippen molar-refractivity contribution in [2.24, 2.45) is 0 Å². The van der Waals surface area contributed by atoms with E-state index in [4.69, 9.17) is 15.2 Å². The van der Waals surface area contributed by atoms with Gasteiger partial charge in [0.1, 0.15) is 11.5 Å². The number of hydrogen-bond acceptors (Lipinski definition) is 3. The van der Waals surface area contributed by atoms with E-state index in [0.29, 0.717) is 17.4 Å². The topological polar surface area (TPSA) is 44.5 Å². The van der Waals surface area contributed by atoms with Crippen molar-refractivity contribution in [1.29, 1.82) is 0 Å². The number of nitrogens with two attached hydrogens (primary N) is 1. The fourth-order valence-corrected chi connectivity index (χ4v) is 2.05. The third kappa shape index (κ3) is 3.05. The van der Waals surface area contributed by atoms with E-state index in [1.54, 1.807) is 13.2 Å². The van der Waals surface area contributed by atoms with Gasteiger partial charge in [0.15, 0.2) is 5.75 Å². The van der Waals surface area contributed by atoms with E-state index >= 15 is 0 Å². The molecule has 0 saturated carbocycles. The van der Waals surface area contributed by atoms with E-state index < -0.39 is 0 Å². The first-order valence-electron chi connectivity index (χ1n) is 6.86. The van der Waals surface area contributed by atoms with Gasteiger partial charge < -0.3 is 15.2 Å². The normalized spacial score (nSPS) is 11.9. The molecule has 0 aliphatic heterocycles. The maximum absolute atomic E-state index is 6.00. The third-order valence-corrected chi connectivity index (χ3v) is 3.50. The van der Waals surface area contributed by atoms with Gasteiger partial charge in [-0.1, -0.05) is 32.0 Å². The molecule has 0 aliphatic carbocycles. The fraction of sp³-hybridized carbons (Fsp3) is 0.294. The van der Waals surface area contributed by atoms with Crippen LogP contribution in [0, 0.1) is 0 Å². The Morgan fingerprint density at radius 3 is 2.55 bits per heavy atom. The summed E-state index contributed by atoms with van der Waals surface area (Å²) in [7, 11) is 1.63. The number of nitrogen functional groups attached to an aromatic ring is 1. The predicted molar refractivity (Wildman–Crippen MR) is 82.6 cm³/mol. The number of ether oxygens (including phenoxy) is 2. The molecule has 3 heteroatoms. The van der Waals surface area contributed by atoms with Crippen molar-refractivity contribution in [3.63, 3.8) is 0 Å². The Balaban J connectivity index is 2.35. The highest BCUT2D eigenvalue weighted by Crippen LogP contribution is 2.35. The molecular formula is C17H21NO2. The van der Waals surface area contributed by atoms with Gasteiger partial charge >= 0.3 is 0 Å². The predicted octanol–water partition coefficient (Wildman–Crippen LogP) is 4.58. The Morgan fingerprint density at radius 1 is 1.10 bits per heavy atom. The van der Waals surface area contributed by atoms with Gasteiger partial charge in [0.2, 0.25) is 0 Å². The number of rotatable bonds is 5. The average molecular weight is 271 g/mol. The maximum atomic E-state index is 6.00. The van der Waals surface area contributed by atoms with Gasteiger partial charge in [0, 0.05) is 6.07 Å². The molecule has 0 amide bonds. The first kappa shape index (κ1) is 14.3. The fourth-order valence-electron chi connectivity index (χ4n) is 2.05. The minimum absolute atomic E-state index is 0.443. The second-order valence-corrected chi connectivity index (χ2v) is 4.85. The Bertz CT molecular complexity index is 581. The zero-order valence-corrected chi connectivity index (χ0v) is 12.2. The molecule has 2 N–H and O–H groups in total. The lowest BCUT2D eigenvalue weighted by Crippen LogP contribution is -1.98. The van der Waals surface area contributed by atoms with Crippen molar-refractivity contribution in [3.8, 4) is 17.2 Å². The van der Waals surface area contributed by atoms with E-state index in [-0.39, 0.29) is 0 Å². The van der Waals surface area contributed by atoms with Gasteiger partial charge in [-0.25, -0.2) is 0 Å². The summed E-state index contributed by atoms with van der Waals surface area (Å²) in [6.07, 6.45) is 1.06. The molecular weight excluding hydrogens is 250 g/mol. The van der Waals surface area contributed by atoms with Gasteiger partial charge in [-0.2, -0.15) is 0 Å². The van der Waals surface area contributed by atoms with Crippen LogP contribution in [-0.4, -0.2) is 7.11 Å². The summed E-state index contributed by atoms with van der Waals surface area (Å²) in [5, 5.41) is 0. The molecule has 3 nitrogen and oxygen atoms in total. The summed E-state index contributed by atoms with van der Waals surface area (Å²) < 4.78 is 11.2. The lowest BCUT2D eigenvalue weighted by molar-refractivity contribution is 0.408. The highest BCUT2D eigenvalue weighted by Gasteiger charge is 2.12. The molecule has 0 fully saturated rings. The van der Waals surface area contributed by atoms with E-state index in [2.05, 4.69) is 19.9 Å². The summed E-state index contributed by atoms with van der Waals surface area (Å²) in [6, 6.07) is 13.5. The van der Waals surface area contributed by atoms with Crippen molar-refractivity contribution in [3.05, 3.63) is 48.0 Å². The van der Waals surface area contributed by atoms with Crippen LogP contribution in [0.25, 0.3) is 0 Å². The van der Waals surface area contributed by atoms with Gasteiger partial charge in [-0.15, -0.1) is 0 Å². The molecule has 0 saturated heterocycles. The Hall–Kier alpha value is -2.16. The van der Waals surface area contributed by atoms with Gasteiger partial charge in [-0.05, 0) is 36.1 Å². The molecule has 2 rings (SSSR count). The summed E-state index contributed by atoms with van der Waals surface area (Å²) >= 11 is 0. The molecule has 0 aliphatic rings. The molecule has 1 unspecified atom stereocenters. The average Bonchev–Trinajstić information content (AvgIpc) is 2.49.